The normalized spacial score (nSPS) is 32.6. The maximum absolute atomic E-state index is 5.31. The first-order chi connectivity index (χ1) is 4.74. The molecule has 10 heavy (non-hydrogen) atoms. The van der Waals surface area contributed by atoms with Crippen molar-refractivity contribution in [1.82, 2.24) is 0 Å². The lowest BCUT2D eigenvalue weighted by Gasteiger charge is -2.10. The fourth-order valence-electron chi connectivity index (χ4n) is 0.857. The molecule has 1 fully saturated rings. The third-order valence-corrected chi connectivity index (χ3v) is 1.59. The average Bonchev–Trinajstić information content (AvgIpc) is 2.34. The highest BCUT2D eigenvalue weighted by molar-refractivity contribution is 4.92. The van der Waals surface area contributed by atoms with Crippen LogP contribution in [-0.4, -0.2) is 19.0 Å². The second-order valence-corrected chi connectivity index (χ2v) is 2.75. The van der Waals surface area contributed by atoms with Gasteiger partial charge in [-0.3, -0.25) is 0 Å². The van der Waals surface area contributed by atoms with Crippen molar-refractivity contribution in [3.63, 3.8) is 0 Å². The van der Waals surface area contributed by atoms with Gasteiger partial charge in [0.15, 0.2) is 0 Å². The summed E-state index contributed by atoms with van der Waals surface area (Å²) in [5, 5.41) is 0. The van der Waals surface area contributed by atoms with Gasteiger partial charge in [-0.1, -0.05) is 13.8 Å². The Labute approximate surface area is 61.5 Å². The second-order valence-electron chi connectivity index (χ2n) is 2.75. The molecule has 1 rings (SSSR count). The third-order valence-electron chi connectivity index (χ3n) is 1.59. The van der Waals surface area contributed by atoms with E-state index in [-0.39, 0.29) is 6.10 Å². The highest BCUT2D eigenvalue weighted by Crippen LogP contribution is 2.17. The Kier molecular flexibility index (Phi) is 2.31. The predicted octanol–water partition coefficient (Wildman–Crippen LogP) is 1.02. The molecule has 0 radical (unpaired) electrons. The van der Waals surface area contributed by atoms with Crippen LogP contribution in [0.4, 0.5) is 0 Å². The summed E-state index contributed by atoms with van der Waals surface area (Å²) in [7, 11) is 0. The summed E-state index contributed by atoms with van der Waals surface area (Å²) in [6.07, 6.45) is 4.87. The molecule has 0 aromatic rings. The molecule has 2 nitrogen and oxygen atoms in total. The van der Waals surface area contributed by atoms with E-state index in [1.165, 1.54) is 0 Å². The molecule has 0 N–H and O–H groups in total. The number of hydrogen-bond acceptors (Lipinski definition) is 2. The van der Waals surface area contributed by atoms with Gasteiger partial charge in [0.2, 0.25) is 6.29 Å². The van der Waals surface area contributed by atoms with Gasteiger partial charge in [-0.15, -0.1) is 6.42 Å². The fourth-order valence-corrected chi connectivity index (χ4v) is 0.857. The van der Waals surface area contributed by atoms with Gasteiger partial charge in [0.05, 0.1) is 12.7 Å². The lowest BCUT2D eigenvalue weighted by atomic mass is 10.1. The highest BCUT2D eigenvalue weighted by Gasteiger charge is 2.26. The van der Waals surface area contributed by atoms with Gasteiger partial charge in [0, 0.05) is 0 Å². The van der Waals surface area contributed by atoms with E-state index in [1.807, 2.05) is 0 Å². The topological polar surface area (TPSA) is 18.5 Å². The smallest absolute Gasteiger partial charge is 0.222 e. The maximum atomic E-state index is 5.31. The van der Waals surface area contributed by atoms with Crippen molar-refractivity contribution in [3.05, 3.63) is 0 Å². The summed E-state index contributed by atoms with van der Waals surface area (Å²) in [5.41, 5.74) is 0. The van der Waals surface area contributed by atoms with Crippen molar-refractivity contribution < 1.29 is 9.47 Å². The number of hydrogen-bond donors (Lipinski definition) is 0. The minimum absolute atomic E-state index is 0.182. The van der Waals surface area contributed by atoms with Crippen molar-refractivity contribution in [3.8, 4) is 12.3 Å². The Balaban J connectivity index is 2.37. The zero-order chi connectivity index (χ0) is 7.56. The molecule has 0 aliphatic carbocycles. The summed E-state index contributed by atoms with van der Waals surface area (Å²) < 4.78 is 10.4. The Morgan fingerprint density at radius 2 is 2.30 bits per heavy atom. The number of terminal acetylenes is 1. The molecule has 56 valence electrons. The van der Waals surface area contributed by atoms with Gasteiger partial charge in [-0.2, -0.15) is 0 Å². The van der Waals surface area contributed by atoms with Crippen LogP contribution in [0.5, 0.6) is 0 Å². The summed E-state index contributed by atoms with van der Waals surface area (Å²) in [6, 6.07) is 0. The van der Waals surface area contributed by atoms with Crippen molar-refractivity contribution in [2.75, 3.05) is 6.61 Å². The van der Waals surface area contributed by atoms with E-state index < -0.39 is 6.29 Å². The Hall–Kier alpha value is -0.520. The van der Waals surface area contributed by atoms with Crippen molar-refractivity contribution >= 4 is 0 Å². The van der Waals surface area contributed by atoms with Crippen LogP contribution in [0, 0.1) is 18.3 Å². The van der Waals surface area contributed by atoms with Gasteiger partial charge >= 0.3 is 0 Å². The molecule has 2 unspecified atom stereocenters. The van der Waals surface area contributed by atoms with E-state index in [9.17, 15) is 0 Å². The Bertz CT molecular complexity index is 146. The fraction of sp³-hybridized carbons (Fsp3) is 0.750. The van der Waals surface area contributed by atoms with Gasteiger partial charge in [-0.05, 0) is 11.8 Å². The molecule has 0 saturated carbocycles. The Morgan fingerprint density at radius 1 is 1.60 bits per heavy atom. The highest BCUT2D eigenvalue weighted by atomic mass is 16.7. The van der Waals surface area contributed by atoms with E-state index >= 15 is 0 Å². The molecule has 0 amide bonds. The monoisotopic (exact) mass is 140 g/mol. The van der Waals surface area contributed by atoms with E-state index in [2.05, 4.69) is 19.8 Å². The summed E-state index contributed by atoms with van der Waals surface area (Å²) >= 11 is 0. The maximum Gasteiger partial charge on any atom is 0.222 e. The van der Waals surface area contributed by atoms with Gasteiger partial charge in [0.1, 0.15) is 0 Å². The minimum atomic E-state index is -0.410. The van der Waals surface area contributed by atoms with Crippen molar-refractivity contribution in [1.29, 1.82) is 0 Å². The number of ether oxygens (including phenoxy) is 2. The van der Waals surface area contributed by atoms with E-state index in [4.69, 9.17) is 15.9 Å². The SMILES string of the molecule is C#CC1OCC(C(C)C)O1. The standard InChI is InChI=1S/C8H12O2/c1-4-8-9-5-7(10-8)6(2)3/h1,6-8H,5H2,2-3H3. The second kappa shape index (κ2) is 3.05. The lowest BCUT2D eigenvalue weighted by Crippen LogP contribution is -2.17. The largest absolute Gasteiger partial charge is 0.339 e. The van der Waals surface area contributed by atoms with E-state index in [0.29, 0.717) is 12.5 Å². The molecule has 1 heterocycles. The summed E-state index contributed by atoms with van der Waals surface area (Å²) in [5.74, 6) is 2.89. The minimum Gasteiger partial charge on any atom is -0.339 e. The molecule has 0 bridgehead atoms. The molecule has 2 heteroatoms. The first kappa shape index (κ1) is 7.59. The van der Waals surface area contributed by atoms with E-state index in [1.54, 1.807) is 0 Å². The van der Waals surface area contributed by atoms with Crippen LogP contribution in [0.15, 0.2) is 0 Å². The van der Waals surface area contributed by atoms with Gasteiger partial charge in [0.25, 0.3) is 0 Å². The molecule has 1 saturated heterocycles. The molecule has 1 aliphatic rings. The van der Waals surface area contributed by atoms with Crippen LogP contribution < -0.4 is 0 Å². The number of rotatable bonds is 1. The van der Waals surface area contributed by atoms with Crippen LogP contribution in [0.1, 0.15) is 13.8 Å². The Morgan fingerprint density at radius 3 is 2.60 bits per heavy atom. The van der Waals surface area contributed by atoms with Crippen LogP contribution in [0.2, 0.25) is 0 Å². The zero-order valence-corrected chi connectivity index (χ0v) is 6.33. The summed E-state index contributed by atoms with van der Waals surface area (Å²) in [4.78, 5) is 0. The van der Waals surface area contributed by atoms with Gasteiger partial charge < -0.3 is 9.47 Å². The predicted molar refractivity (Wildman–Crippen MR) is 38.3 cm³/mol. The first-order valence-corrected chi connectivity index (χ1v) is 3.47. The molecule has 0 spiro atoms. The molecule has 0 aromatic carbocycles. The molecular formula is C8H12O2. The van der Waals surface area contributed by atoms with Crippen LogP contribution in [0.3, 0.4) is 0 Å². The van der Waals surface area contributed by atoms with Crippen molar-refractivity contribution in [2.24, 2.45) is 5.92 Å². The van der Waals surface area contributed by atoms with Crippen molar-refractivity contribution in [2.45, 2.75) is 26.2 Å². The first-order valence-electron chi connectivity index (χ1n) is 3.47. The lowest BCUT2D eigenvalue weighted by molar-refractivity contribution is -0.0209. The molecule has 0 aromatic heterocycles. The van der Waals surface area contributed by atoms with Gasteiger partial charge in [-0.25, -0.2) is 0 Å². The zero-order valence-electron chi connectivity index (χ0n) is 6.33. The van der Waals surface area contributed by atoms with E-state index in [0.717, 1.165) is 0 Å². The quantitative estimate of drug-likeness (QED) is 0.506. The van der Waals surface area contributed by atoms with Crippen LogP contribution in [0.25, 0.3) is 0 Å². The molecule has 1 aliphatic heterocycles. The third kappa shape index (κ3) is 1.50. The average molecular weight is 140 g/mol. The molecular weight excluding hydrogens is 128 g/mol. The van der Waals surface area contributed by atoms with Crippen LogP contribution >= 0.6 is 0 Å². The molecule has 2 atom stereocenters. The van der Waals surface area contributed by atoms with Crippen LogP contribution in [-0.2, 0) is 9.47 Å². The summed E-state index contributed by atoms with van der Waals surface area (Å²) in [6.45, 7) is 4.81.